The van der Waals surface area contributed by atoms with Gasteiger partial charge in [-0.25, -0.2) is 8.78 Å². The molecule has 4 atom stereocenters. The van der Waals surface area contributed by atoms with E-state index in [1.54, 1.807) is 6.92 Å². The zero-order valence-electron chi connectivity index (χ0n) is 6.48. The van der Waals surface area contributed by atoms with Gasteiger partial charge in [0.15, 0.2) is 0 Å². The molecule has 0 aromatic heterocycles. The van der Waals surface area contributed by atoms with Crippen molar-refractivity contribution in [3.05, 3.63) is 0 Å². The van der Waals surface area contributed by atoms with Crippen molar-refractivity contribution in [1.82, 2.24) is 0 Å². The van der Waals surface area contributed by atoms with Crippen molar-refractivity contribution in [3.63, 3.8) is 0 Å². The summed E-state index contributed by atoms with van der Waals surface area (Å²) in [5.74, 6) is -0.328. The Kier molecular flexibility index (Phi) is 2.27. The smallest absolute Gasteiger partial charge is 0.108 e. The fourth-order valence-corrected chi connectivity index (χ4v) is 1.56. The SMILES string of the molecule is CC1C(F)CC[C@H](C)[C@@H]1F. The van der Waals surface area contributed by atoms with Crippen molar-refractivity contribution < 1.29 is 8.78 Å². The van der Waals surface area contributed by atoms with Crippen LogP contribution in [-0.4, -0.2) is 12.3 Å². The number of hydrogen-bond donors (Lipinski definition) is 0. The predicted molar refractivity (Wildman–Crippen MR) is 37.4 cm³/mol. The fourth-order valence-electron chi connectivity index (χ4n) is 1.56. The lowest BCUT2D eigenvalue weighted by atomic mass is 9.80. The third kappa shape index (κ3) is 1.30. The van der Waals surface area contributed by atoms with Crippen LogP contribution in [0.3, 0.4) is 0 Å². The Morgan fingerprint density at radius 2 is 1.70 bits per heavy atom. The van der Waals surface area contributed by atoms with E-state index in [4.69, 9.17) is 0 Å². The molecule has 2 heteroatoms. The maximum atomic E-state index is 13.0. The molecule has 1 aliphatic carbocycles. The topological polar surface area (TPSA) is 0 Å². The minimum absolute atomic E-state index is 0.0574. The van der Waals surface area contributed by atoms with E-state index in [0.29, 0.717) is 12.8 Å². The Bertz CT molecular complexity index is 99.8. The molecule has 0 amide bonds. The van der Waals surface area contributed by atoms with Crippen molar-refractivity contribution in [2.75, 3.05) is 0 Å². The van der Waals surface area contributed by atoms with Crippen LogP contribution in [0.5, 0.6) is 0 Å². The van der Waals surface area contributed by atoms with Gasteiger partial charge in [-0.3, -0.25) is 0 Å². The molecular formula is C8H14F2. The standard InChI is InChI=1S/C8H14F2/c1-5-3-4-7(9)6(2)8(5)10/h5-8H,3-4H2,1-2H3/t5-,6?,7?,8-/m0/s1. The quantitative estimate of drug-likeness (QED) is 0.495. The molecule has 60 valence electrons. The molecule has 0 aromatic carbocycles. The van der Waals surface area contributed by atoms with Crippen LogP contribution in [-0.2, 0) is 0 Å². The highest BCUT2D eigenvalue weighted by atomic mass is 19.1. The second-order valence-corrected chi connectivity index (χ2v) is 3.37. The monoisotopic (exact) mass is 148 g/mol. The third-order valence-corrected chi connectivity index (χ3v) is 2.51. The Morgan fingerprint density at radius 3 is 2.20 bits per heavy atom. The summed E-state index contributed by atoms with van der Waals surface area (Å²) >= 11 is 0. The van der Waals surface area contributed by atoms with Gasteiger partial charge in [-0.15, -0.1) is 0 Å². The van der Waals surface area contributed by atoms with E-state index in [2.05, 4.69) is 0 Å². The lowest BCUT2D eigenvalue weighted by Crippen LogP contribution is -2.34. The fraction of sp³-hybridized carbons (Fsp3) is 1.00. The lowest BCUT2D eigenvalue weighted by Gasteiger charge is -2.31. The summed E-state index contributed by atoms with van der Waals surface area (Å²) in [7, 11) is 0. The molecule has 0 saturated heterocycles. The predicted octanol–water partition coefficient (Wildman–Crippen LogP) is 2.73. The maximum absolute atomic E-state index is 13.0. The first-order valence-electron chi connectivity index (χ1n) is 3.91. The first kappa shape index (κ1) is 7.96. The summed E-state index contributed by atoms with van der Waals surface area (Å²) in [6, 6.07) is 0. The Labute approximate surface area is 60.6 Å². The minimum Gasteiger partial charge on any atom is -0.247 e. The Morgan fingerprint density at radius 1 is 1.10 bits per heavy atom. The summed E-state index contributed by atoms with van der Waals surface area (Å²) in [5, 5.41) is 0. The normalized spacial score (nSPS) is 49.2. The second-order valence-electron chi connectivity index (χ2n) is 3.37. The minimum atomic E-state index is -0.927. The van der Waals surface area contributed by atoms with Crippen molar-refractivity contribution in [2.24, 2.45) is 11.8 Å². The number of alkyl halides is 2. The van der Waals surface area contributed by atoms with Gasteiger partial charge in [0.1, 0.15) is 12.3 Å². The van der Waals surface area contributed by atoms with Crippen molar-refractivity contribution in [1.29, 1.82) is 0 Å². The van der Waals surface area contributed by atoms with Crippen LogP contribution in [0, 0.1) is 11.8 Å². The summed E-state index contributed by atoms with van der Waals surface area (Å²) < 4.78 is 25.7. The van der Waals surface area contributed by atoms with E-state index < -0.39 is 12.3 Å². The van der Waals surface area contributed by atoms with Crippen molar-refractivity contribution >= 4 is 0 Å². The van der Waals surface area contributed by atoms with Crippen LogP contribution in [0.25, 0.3) is 0 Å². The van der Waals surface area contributed by atoms with Gasteiger partial charge in [0.25, 0.3) is 0 Å². The zero-order valence-corrected chi connectivity index (χ0v) is 6.48. The molecule has 10 heavy (non-hydrogen) atoms. The molecule has 2 unspecified atom stereocenters. The van der Waals surface area contributed by atoms with Crippen molar-refractivity contribution in [2.45, 2.75) is 39.0 Å². The first-order chi connectivity index (χ1) is 4.63. The van der Waals surface area contributed by atoms with Gasteiger partial charge in [0, 0.05) is 5.92 Å². The largest absolute Gasteiger partial charge is 0.247 e. The highest BCUT2D eigenvalue weighted by molar-refractivity contribution is 4.83. The average Bonchev–Trinajstić information content (AvgIpc) is 1.93. The second kappa shape index (κ2) is 2.85. The Balaban J connectivity index is 2.52. The van der Waals surface area contributed by atoms with Gasteiger partial charge in [-0.05, 0) is 18.8 Å². The molecule has 1 saturated carbocycles. The van der Waals surface area contributed by atoms with E-state index in [0.717, 1.165) is 0 Å². The summed E-state index contributed by atoms with van der Waals surface area (Å²) in [6.07, 6.45) is -0.593. The molecule has 1 aliphatic rings. The molecular weight excluding hydrogens is 134 g/mol. The molecule has 0 spiro atoms. The van der Waals surface area contributed by atoms with Gasteiger partial charge in [0.05, 0.1) is 0 Å². The number of halogens is 2. The molecule has 0 N–H and O–H groups in total. The van der Waals surface area contributed by atoms with Crippen LogP contribution in [0.1, 0.15) is 26.7 Å². The molecule has 1 fully saturated rings. The van der Waals surface area contributed by atoms with Crippen LogP contribution < -0.4 is 0 Å². The average molecular weight is 148 g/mol. The summed E-state index contributed by atoms with van der Waals surface area (Å²) in [5.41, 5.74) is 0. The van der Waals surface area contributed by atoms with Crippen molar-refractivity contribution in [3.8, 4) is 0 Å². The van der Waals surface area contributed by atoms with Gasteiger partial charge in [-0.2, -0.15) is 0 Å². The third-order valence-electron chi connectivity index (χ3n) is 2.51. The lowest BCUT2D eigenvalue weighted by molar-refractivity contribution is 0.0483. The molecule has 0 nitrogen and oxygen atoms in total. The van der Waals surface area contributed by atoms with E-state index in [9.17, 15) is 8.78 Å². The van der Waals surface area contributed by atoms with Gasteiger partial charge < -0.3 is 0 Å². The molecule has 0 aliphatic heterocycles. The molecule has 0 radical (unpaired) electrons. The summed E-state index contributed by atoms with van der Waals surface area (Å²) in [6.45, 7) is 3.51. The highest BCUT2D eigenvalue weighted by Crippen LogP contribution is 2.33. The molecule has 1 rings (SSSR count). The van der Waals surface area contributed by atoms with Gasteiger partial charge in [-0.1, -0.05) is 13.8 Å². The van der Waals surface area contributed by atoms with E-state index in [-0.39, 0.29) is 11.8 Å². The molecule has 0 bridgehead atoms. The highest BCUT2D eigenvalue weighted by Gasteiger charge is 2.34. The van der Waals surface area contributed by atoms with Crippen LogP contribution in [0.2, 0.25) is 0 Å². The Hall–Kier alpha value is -0.140. The first-order valence-corrected chi connectivity index (χ1v) is 3.91. The molecule has 0 aromatic rings. The molecule has 0 heterocycles. The van der Waals surface area contributed by atoms with Crippen LogP contribution in [0.4, 0.5) is 8.78 Å². The summed E-state index contributed by atoms with van der Waals surface area (Å²) in [4.78, 5) is 0. The van der Waals surface area contributed by atoms with Crippen LogP contribution >= 0.6 is 0 Å². The zero-order chi connectivity index (χ0) is 7.72. The number of hydrogen-bond acceptors (Lipinski definition) is 0. The van der Waals surface area contributed by atoms with E-state index >= 15 is 0 Å². The maximum Gasteiger partial charge on any atom is 0.108 e. The van der Waals surface area contributed by atoms with Crippen LogP contribution in [0.15, 0.2) is 0 Å². The van der Waals surface area contributed by atoms with E-state index in [1.165, 1.54) is 0 Å². The van der Waals surface area contributed by atoms with Gasteiger partial charge >= 0.3 is 0 Å². The number of rotatable bonds is 0. The van der Waals surface area contributed by atoms with Gasteiger partial charge in [0.2, 0.25) is 0 Å². The van der Waals surface area contributed by atoms with E-state index in [1.807, 2.05) is 6.92 Å².